The number of nitrogens with zero attached hydrogens (tertiary/aromatic N) is 3. The molecule has 164 valence electrons. The number of anilines is 1. The number of urea groups is 1. The second-order valence-corrected chi connectivity index (χ2v) is 7.57. The van der Waals surface area contributed by atoms with Gasteiger partial charge < -0.3 is 10.4 Å². The van der Waals surface area contributed by atoms with Gasteiger partial charge in [-0.15, -0.1) is 0 Å². The van der Waals surface area contributed by atoms with Crippen molar-refractivity contribution < 1.29 is 23.5 Å². The van der Waals surface area contributed by atoms with Crippen LogP contribution < -0.4 is 10.6 Å². The SMILES string of the molecule is CCNC(=O)Nc1nc2c(F)c(-c3cncc(C(=O)O)c3)cc(-c3ncccc3F)c2s1.[LiH]. The fraction of sp³-hybridized carbons (Fsp3) is 0.0952. The summed E-state index contributed by atoms with van der Waals surface area (Å²) in [5.41, 5.74) is 0.117. The molecule has 0 atom stereocenters. The number of amides is 2. The Hall–Kier alpha value is -3.39. The van der Waals surface area contributed by atoms with Crippen molar-refractivity contribution in [3.63, 3.8) is 0 Å². The number of carboxylic acid groups (broad SMARTS) is 1. The average Bonchev–Trinajstić information content (AvgIpc) is 3.19. The maximum atomic E-state index is 15.5. The number of pyridine rings is 2. The van der Waals surface area contributed by atoms with E-state index >= 15 is 4.39 Å². The van der Waals surface area contributed by atoms with Crippen molar-refractivity contribution in [1.29, 1.82) is 0 Å². The summed E-state index contributed by atoms with van der Waals surface area (Å²) in [6.07, 6.45) is 3.84. The average molecular weight is 463 g/mol. The Morgan fingerprint density at radius 2 is 1.97 bits per heavy atom. The summed E-state index contributed by atoms with van der Waals surface area (Å²) in [4.78, 5) is 35.3. The standard InChI is InChI=1S/C21H15F2N5O3S.Li.H/c1-2-25-20(31)28-21-27-17-15(23)12(10-6-11(19(29)30)9-24-8-10)7-13(18(17)32-21)16-14(22)4-3-5-26-16;;/h3-9H,2H2,1H3,(H,29,30)(H2,25,27,28,31);;. The van der Waals surface area contributed by atoms with Crippen LogP contribution in [0.5, 0.6) is 0 Å². The third kappa shape index (κ3) is 4.85. The van der Waals surface area contributed by atoms with E-state index in [1.165, 1.54) is 36.7 Å². The molecule has 0 bridgehead atoms. The second kappa shape index (κ2) is 10.0. The van der Waals surface area contributed by atoms with E-state index in [0.717, 1.165) is 17.5 Å². The second-order valence-electron chi connectivity index (χ2n) is 6.57. The molecule has 1 aromatic carbocycles. The number of hydrogen-bond donors (Lipinski definition) is 3. The summed E-state index contributed by atoms with van der Waals surface area (Å²) in [5.74, 6) is -2.61. The normalized spacial score (nSPS) is 10.5. The van der Waals surface area contributed by atoms with Crippen LogP contribution in [0.25, 0.3) is 32.6 Å². The molecule has 4 aromatic rings. The number of carbonyl (C=O) groups excluding carboxylic acids is 1. The molecular weight excluding hydrogens is 447 g/mol. The molecule has 3 N–H and O–H groups in total. The number of nitrogens with one attached hydrogen (secondary N) is 2. The first-order valence-electron chi connectivity index (χ1n) is 9.36. The van der Waals surface area contributed by atoms with Crippen LogP contribution in [0.2, 0.25) is 0 Å². The Balaban J connectivity index is 0.00000306. The molecular formula is C21H16F2LiN5O3S. The van der Waals surface area contributed by atoms with Crippen LogP contribution in [-0.4, -0.2) is 57.5 Å². The zero-order chi connectivity index (χ0) is 22.8. The molecule has 4 rings (SSSR count). The van der Waals surface area contributed by atoms with E-state index in [1.54, 1.807) is 6.92 Å². The first-order chi connectivity index (χ1) is 15.4. The summed E-state index contributed by atoms with van der Waals surface area (Å²) in [6, 6.07) is 4.77. The van der Waals surface area contributed by atoms with Crippen molar-refractivity contribution in [2.45, 2.75) is 6.92 Å². The first-order valence-corrected chi connectivity index (χ1v) is 10.2. The van der Waals surface area contributed by atoms with Crippen LogP contribution in [0.1, 0.15) is 17.3 Å². The fourth-order valence-corrected chi connectivity index (χ4v) is 4.05. The Morgan fingerprint density at radius 1 is 1.18 bits per heavy atom. The van der Waals surface area contributed by atoms with Crippen molar-refractivity contribution in [3.05, 3.63) is 60.1 Å². The molecule has 0 aliphatic heterocycles. The summed E-state index contributed by atoms with van der Waals surface area (Å²) in [6.45, 7) is 2.12. The molecule has 0 aliphatic carbocycles. The molecule has 3 aromatic heterocycles. The van der Waals surface area contributed by atoms with Crippen LogP contribution in [0.15, 0.2) is 42.9 Å². The van der Waals surface area contributed by atoms with Gasteiger partial charge in [-0.2, -0.15) is 0 Å². The molecule has 0 spiro atoms. The van der Waals surface area contributed by atoms with Gasteiger partial charge in [-0.25, -0.2) is 23.4 Å². The monoisotopic (exact) mass is 463 g/mol. The van der Waals surface area contributed by atoms with E-state index < -0.39 is 23.6 Å². The molecule has 0 saturated carbocycles. The number of carbonyl (C=O) groups is 2. The Morgan fingerprint density at radius 3 is 2.67 bits per heavy atom. The van der Waals surface area contributed by atoms with E-state index in [0.29, 0.717) is 6.54 Å². The van der Waals surface area contributed by atoms with Crippen LogP contribution >= 0.6 is 11.3 Å². The minimum atomic E-state index is -1.22. The minimum absolute atomic E-state index is 0. The van der Waals surface area contributed by atoms with Crippen molar-refractivity contribution in [3.8, 4) is 22.4 Å². The van der Waals surface area contributed by atoms with Gasteiger partial charge in [-0.3, -0.25) is 15.3 Å². The number of rotatable bonds is 5. The topological polar surface area (TPSA) is 117 Å². The third-order valence-electron chi connectivity index (χ3n) is 4.47. The summed E-state index contributed by atoms with van der Waals surface area (Å²) < 4.78 is 30.4. The molecule has 0 unspecified atom stereocenters. The molecule has 12 heteroatoms. The molecule has 0 radical (unpaired) electrons. The van der Waals surface area contributed by atoms with E-state index in [-0.39, 0.29) is 62.2 Å². The van der Waals surface area contributed by atoms with Gasteiger partial charge in [0.05, 0.1) is 10.3 Å². The number of thiazole rings is 1. The first kappa shape index (κ1) is 24.3. The molecule has 0 fully saturated rings. The molecule has 8 nitrogen and oxygen atoms in total. The molecule has 3 heterocycles. The van der Waals surface area contributed by atoms with Gasteiger partial charge in [0.1, 0.15) is 17.0 Å². The van der Waals surface area contributed by atoms with Crippen molar-refractivity contribution in [2.75, 3.05) is 11.9 Å². The Bertz CT molecular complexity index is 1370. The quantitative estimate of drug-likeness (QED) is 0.387. The van der Waals surface area contributed by atoms with Crippen molar-refractivity contribution in [2.24, 2.45) is 0 Å². The number of fused-ring (bicyclic) bond motifs is 1. The fourth-order valence-electron chi connectivity index (χ4n) is 3.08. The number of carboxylic acids is 1. The van der Waals surface area contributed by atoms with Crippen LogP contribution in [0.4, 0.5) is 18.7 Å². The number of aromatic carboxylic acids is 1. The number of hydrogen-bond acceptors (Lipinski definition) is 6. The molecule has 0 aliphatic rings. The molecule has 2 amide bonds. The van der Waals surface area contributed by atoms with E-state index in [9.17, 15) is 19.1 Å². The van der Waals surface area contributed by atoms with E-state index in [1.807, 2.05) is 0 Å². The Labute approximate surface area is 202 Å². The molecule has 0 saturated heterocycles. The maximum absolute atomic E-state index is 15.5. The molecule has 33 heavy (non-hydrogen) atoms. The van der Waals surface area contributed by atoms with Gasteiger partial charge in [0.15, 0.2) is 10.9 Å². The number of aromatic nitrogens is 3. The van der Waals surface area contributed by atoms with Gasteiger partial charge >= 0.3 is 30.9 Å². The van der Waals surface area contributed by atoms with Crippen LogP contribution in [-0.2, 0) is 0 Å². The zero-order valence-electron chi connectivity index (χ0n) is 16.5. The van der Waals surface area contributed by atoms with Crippen molar-refractivity contribution >= 4 is 57.5 Å². The van der Waals surface area contributed by atoms with Crippen LogP contribution in [0, 0.1) is 11.6 Å². The summed E-state index contributed by atoms with van der Waals surface area (Å²) in [5, 5.41) is 14.4. The van der Waals surface area contributed by atoms with Gasteiger partial charge in [0, 0.05) is 41.8 Å². The van der Waals surface area contributed by atoms with Gasteiger partial charge in [0.2, 0.25) is 0 Å². The summed E-state index contributed by atoms with van der Waals surface area (Å²) >= 11 is 0.968. The van der Waals surface area contributed by atoms with Crippen molar-refractivity contribution in [1.82, 2.24) is 20.3 Å². The van der Waals surface area contributed by atoms with Crippen LogP contribution in [0.3, 0.4) is 0 Å². The van der Waals surface area contributed by atoms with Gasteiger partial charge in [-0.1, -0.05) is 11.3 Å². The van der Waals surface area contributed by atoms with Gasteiger partial charge in [-0.05, 0) is 31.2 Å². The zero-order valence-corrected chi connectivity index (χ0v) is 17.3. The third-order valence-corrected chi connectivity index (χ3v) is 5.48. The number of benzene rings is 1. The number of halogens is 2. The van der Waals surface area contributed by atoms with E-state index in [4.69, 9.17) is 0 Å². The predicted molar refractivity (Wildman–Crippen MR) is 123 cm³/mol. The van der Waals surface area contributed by atoms with Gasteiger partial charge in [0.25, 0.3) is 0 Å². The van der Waals surface area contributed by atoms with E-state index in [2.05, 4.69) is 25.6 Å². The summed E-state index contributed by atoms with van der Waals surface area (Å²) in [7, 11) is 0. The predicted octanol–water partition coefficient (Wildman–Crippen LogP) is 3.89. The Kier molecular flexibility index (Phi) is 7.38.